The van der Waals surface area contributed by atoms with E-state index in [0.29, 0.717) is 18.2 Å². The van der Waals surface area contributed by atoms with Crippen LogP contribution in [0.3, 0.4) is 0 Å². The van der Waals surface area contributed by atoms with E-state index in [0.717, 1.165) is 16.7 Å². The average Bonchev–Trinajstić information content (AvgIpc) is 2.46. The summed E-state index contributed by atoms with van der Waals surface area (Å²) in [6.07, 6.45) is 0.0476. The maximum absolute atomic E-state index is 6.20. The van der Waals surface area contributed by atoms with Crippen LogP contribution < -0.4 is 5.73 Å². The van der Waals surface area contributed by atoms with Crippen molar-refractivity contribution >= 4 is 11.6 Å². The molecule has 100 valence electrons. The average molecular weight is 276 g/mol. The molecular formula is C16H18ClNO. The molecule has 2 rings (SSSR count). The summed E-state index contributed by atoms with van der Waals surface area (Å²) < 4.78 is 5.85. The van der Waals surface area contributed by atoms with Gasteiger partial charge in [0.25, 0.3) is 0 Å². The van der Waals surface area contributed by atoms with Crippen LogP contribution in [-0.4, -0.2) is 0 Å². The molecule has 2 aromatic carbocycles. The molecule has 2 N–H and O–H groups in total. The van der Waals surface area contributed by atoms with E-state index in [1.807, 2.05) is 43.3 Å². The number of benzene rings is 2. The van der Waals surface area contributed by atoms with Crippen molar-refractivity contribution in [2.24, 2.45) is 5.73 Å². The third kappa shape index (κ3) is 3.80. The summed E-state index contributed by atoms with van der Waals surface area (Å²) in [7, 11) is 0. The maximum atomic E-state index is 6.20. The molecular weight excluding hydrogens is 258 g/mol. The SMILES string of the molecule is CC(OCc1ccc(CN)cc1Cl)c1ccccc1. The molecule has 19 heavy (non-hydrogen) atoms. The number of nitrogens with two attached hydrogens (primary N) is 1. The van der Waals surface area contributed by atoms with E-state index in [2.05, 4.69) is 12.1 Å². The highest BCUT2D eigenvalue weighted by atomic mass is 35.5. The van der Waals surface area contributed by atoms with Crippen LogP contribution in [0.15, 0.2) is 48.5 Å². The number of hydrogen-bond acceptors (Lipinski definition) is 2. The summed E-state index contributed by atoms with van der Waals surface area (Å²) in [5.74, 6) is 0. The lowest BCUT2D eigenvalue weighted by molar-refractivity contribution is 0.0526. The Hall–Kier alpha value is -1.35. The molecule has 0 aliphatic carbocycles. The van der Waals surface area contributed by atoms with Crippen LogP contribution in [0.2, 0.25) is 5.02 Å². The zero-order valence-electron chi connectivity index (χ0n) is 11.0. The highest BCUT2D eigenvalue weighted by Crippen LogP contribution is 2.22. The normalized spacial score (nSPS) is 12.4. The molecule has 2 nitrogen and oxygen atoms in total. The summed E-state index contributed by atoms with van der Waals surface area (Å²) in [4.78, 5) is 0. The number of hydrogen-bond donors (Lipinski definition) is 1. The molecule has 0 heterocycles. The molecule has 0 radical (unpaired) electrons. The van der Waals surface area contributed by atoms with Crippen molar-refractivity contribution in [3.05, 3.63) is 70.2 Å². The molecule has 0 spiro atoms. The third-order valence-corrected chi connectivity index (χ3v) is 3.46. The second-order valence-corrected chi connectivity index (χ2v) is 4.90. The maximum Gasteiger partial charge on any atom is 0.0801 e. The fraction of sp³-hybridized carbons (Fsp3) is 0.250. The first-order chi connectivity index (χ1) is 9.20. The lowest BCUT2D eigenvalue weighted by Crippen LogP contribution is -2.02. The van der Waals surface area contributed by atoms with Crippen molar-refractivity contribution in [1.82, 2.24) is 0 Å². The Bertz CT molecular complexity index is 528. The third-order valence-electron chi connectivity index (χ3n) is 3.11. The summed E-state index contributed by atoms with van der Waals surface area (Å²) in [6.45, 7) is 3.04. The van der Waals surface area contributed by atoms with Gasteiger partial charge in [-0.2, -0.15) is 0 Å². The Morgan fingerprint density at radius 2 is 1.89 bits per heavy atom. The van der Waals surface area contributed by atoms with Crippen LogP contribution in [-0.2, 0) is 17.9 Å². The molecule has 0 aliphatic rings. The van der Waals surface area contributed by atoms with Crippen molar-refractivity contribution < 1.29 is 4.74 Å². The van der Waals surface area contributed by atoms with Crippen LogP contribution in [0.5, 0.6) is 0 Å². The molecule has 3 heteroatoms. The fourth-order valence-corrected chi connectivity index (χ4v) is 2.13. The van der Waals surface area contributed by atoms with Gasteiger partial charge in [0.1, 0.15) is 0 Å². The van der Waals surface area contributed by atoms with E-state index >= 15 is 0 Å². The first-order valence-electron chi connectivity index (χ1n) is 6.34. The molecule has 1 unspecified atom stereocenters. The molecule has 0 aromatic heterocycles. The number of halogens is 1. The molecule has 1 atom stereocenters. The van der Waals surface area contributed by atoms with Gasteiger partial charge in [-0.15, -0.1) is 0 Å². The minimum absolute atomic E-state index is 0.0476. The molecule has 2 aromatic rings. The monoisotopic (exact) mass is 275 g/mol. The van der Waals surface area contributed by atoms with Crippen LogP contribution in [0.1, 0.15) is 29.7 Å². The highest BCUT2D eigenvalue weighted by molar-refractivity contribution is 6.31. The zero-order valence-corrected chi connectivity index (χ0v) is 11.7. The van der Waals surface area contributed by atoms with Crippen LogP contribution in [0.25, 0.3) is 0 Å². The Kier molecular flexibility index (Phi) is 4.97. The van der Waals surface area contributed by atoms with E-state index in [1.54, 1.807) is 0 Å². The standard InChI is InChI=1S/C16H18ClNO/c1-12(14-5-3-2-4-6-14)19-11-15-8-7-13(10-18)9-16(15)17/h2-9,12H,10-11,18H2,1H3. The minimum atomic E-state index is 0.0476. The van der Waals surface area contributed by atoms with E-state index in [9.17, 15) is 0 Å². The van der Waals surface area contributed by atoms with Crippen molar-refractivity contribution in [2.45, 2.75) is 26.2 Å². The quantitative estimate of drug-likeness (QED) is 0.892. The Labute approximate surface area is 119 Å². The van der Waals surface area contributed by atoms with Gasteiger partial charge in [0.05, 0.1) is 12.7 Å². The van der Waals surface area contributed by atoms with Gasteiger partial charge in [0.2, 0.25) is 0 Å². The number of rotatable bonds is 5. The molecule has 0 saturated heterocycles. The topological polar surface area (TPSA) is 35.2 Å². The predicted octanol–water partition coefficient (Wildman–Crippen LogP) is 4.08. The van der Waals surface area contributed by atoms with Gasteiger partial charge >= 0.3 is 0 Å². The van der Waals surface area contributed by atoms with Crippen LogP contribution in [0.4, 0.5) is 0 Å². The molecule has 0 saturated carbocycles. The van der Waals surface area contributed by atoms with Gasteiger partial charge in [-0.1, -0.05) is 54.1 Å². The fourth-order valence-electron chi connectivity index (χ4n) is 1.87. The summed E-state index contributed by atoms with van der Waals surface area (Å²) >= 11 is 6.20. The predicted molar refractivity (Wildman–Crippen MR) is 79.0 cm³/mol. The Morgan fingerprint density at radius 1 is 1.16 bits per heavy atom. The number of ether oxygens (including phenoxy) is 1. The lowest BCUT2D eigenvalue weighted by atomic mass is 10.1. The highest BCUT2D eigenvalue weighted by Gasteiger charge is 2.07. The first-order valence-corrected chi connectivity index (χ1v) is 6.72. The van der Waals surface area contributed by atoms with Crippen molar-refractivity contribution in [2.75, 3.05) is 0 Å². The Balaban J connectivity index is 1.99. The molecule has 0 bridgehead atoms. The second kappa shape index (κ2) is 6.71. The molecule has 0 fully saturated rings. The smallest absolute Gasteiger partial charge is 0.0801 e. The van der Waals surface area contributed by atoms with Crippen LogP contribution in [0, 0.1) is 0 Å². The summed E-state index contributed by atoms with van der Waals surface area (Å²) in [5.41, 5.74) is 8.76. The van der Waals surface area contributed by atoms with E-state index in [-0.39, 0.29) is 6.10 Å². The second-order valence-electron chi connectivity index (χ2n) is 4.49. The van der Waals surface area contributed by atoms with Gasteiger partial charge in [0, 0.05) is 11.6 Å². The molecule has 0 amide bonds. The largest absolute Gasteiger partial charge is 0.369 e. The van der Waals surface area contributed by atoms with Gasteiger partial charge in [0.15, 0.2) is 0 Å². The van der Waals surface area contributed by atoms with Gasteiger partial charge in [-0.05, 0) is 29.7 Å². The molecule has 0 aliphatic heterocycles. The zero-order chi connectivity index (χ0) is 13.7. The minimum Gasteiger partial charge on any atom is -0.369 e. The van der Waals surface area contributed by atoms with Gasteiger partial charge in [-0.3, -0.25) is 0 Å². The Morgan fingerprint density at radius 3 is 2.53 bits per heavy atom. The van der Waals surface area contributed by atoms with Crippen LogP contribution >= 0.6 is 11.6 Å². The van der Waals surface area contributed by atoms with Crippen molar-refractivity contribution in [3.63, 3.8) is 0 Å². The van der Waals surface area contributed by atoms with E-state index in [4.69, 9.17) is 22.1 Å². The lowest BCUT2D eigenvalue weighted by Gasteiger charge is -2.14. The van der Waals surface area contributed by atoms with E-state index < -0.39 is 0 Å². The summed E-state index contributed by atoms with van der Waals surface area (Å²) in [6, 6.07) is 16.0. The van der Waals surface area contributed by atoms with Crippen molar-refractivity contribution in [1.29, 1.82) is 0 Å². The van der Waals surface area contributed by atoms with Gasteiger partial charge in [-0.25, -0.2) is 0 Å². The first kappa shape index (κ1) is 14.1. The van der Waals surface area contributed by atoms with Gasteiger partial charge < -0.3 is 10.5 Å². The van der Waals surface area contributed by atoms with E-state index in [1.165, 1.54) is 0 Å². The van der Waals surface area contributed by atoms with Crippen molar-refractivity contribution in [3.8, 4) is 0 Å². The summed E-state index contributed by atoms with van der Waals surface area (Å²) in [5, 5.41) is 0.711.